The van der Waals surface area contributed by atoms with Gasteiger partial charge in [-0.1, -0.05) is 12.1 Å². The Morgan fingerprint density at radius 1 is 1.15 bits per heavy atom. The lowest BCUT2D eigenvalue weighted by Crippen LogP contribution is -2.27. The van der Waals surface area contributed by atoms with E-state index in [2.05, 4.69) is 27.3 Å². The van der Waals surface area contributed by atoms with E-state index in [0.717, 1.165) is 32.6 Å². The van der Waals surface area contributed by atoms with Crippen LogP contribution in [0.4, 0.5) is 5.82 Å². The van der Waals surface area contributed by atoms with Gasteiger partial charge in [0.15, 0.2) is 0 Å². The van der Waals surface area contributed by atoms with Crippen LogP contribution in [0.25, 0.3) is 0 Å². The van der Waals surface area contributed by atoms with Gasteiger partial charge in [-0.3, -0.25) is 4.90 Å². The third-order valence-corrected chi connectivity index (χ3v) is 4.53. The van der Waals surface area contributed by atoms with Crippen LogP contribution in [0.2, 0.25) is 0 Å². The molecule has 0 saturated carbocycles. The van der Waals surface area contributed by atoms with Crippen molar-refractivity contribution in [3.05, 3.63) is 53.7 Å². The fourth-order valence-corrected chi connectivity index (χ4v) is 3.13. The molecule has 1 aromatic heterocycles. The van der Waals surface area contributed by atoms with Gasteiger partial charge in [0.2, 0.25) is 0 Å². The van der Waals surface area contributed by atoms with Gasteiger partial charge in [-0.2, -0.15) is 10.5 Å². The van der Waals surface area contributed by atoms with Gasteiger partial charge in [0, 0.05) is 25.8 Å². The van der Waals surface area contributed by atoms with E-state index in [1.165, 1.54) is 0 Å². The second kappa shape index (κ2) is 8.84. The number of hydrogen-bond donors (Lipinski definition) is 1. The fourth-order valence-electron chi connectivity index (χ4n) is 3.13. The summed E-state index contributed by atoms with van der Waals surface area (Å²) in [5.41, 5.74) is 1.14. The molecule has 2 aromatic rings. The van der Waals surface area contributed by atoms with Crippen LogP contribution in [0, 0.1) is 28.6 Å². The smallest absolute Gasteiger partial charge is 0.143 e. The molecule has 1 fully saturated rings. The molecule has 1 atom stereocenters. The molecule has 2 heterocycles. The van der Waals surface area contributed by atoms with Crippen molar-refractivity contribution in [1.29, 1.82) is 10.5 Å². The quantitative estimate of drug-likeness (QED) is 0.829. The fraction of sp³-hybridized carbons (Fsp3) is 0.350. The SMILES string of the molecule is N#Cc1ccccc1OCCN1CC[C@H](CNc2ncccc2C#N)C1. The van der Waals surface area contributed by atoms with Crippen molar-refractivity contribution in [1.82, 2.24) is 9.88 Å². The Hall–Kier alpha value is -3.09. The van der Waals surface area contributed by atoms with Crippen molar-refractivity contribution in [2.24, 2.45) is 5.92 Å². The second-order valence-electron chi connectivity index (χ2n) is 6.30. The minimum atomic E-state index is 0.523. The molecule has 1 saturated heterocycles. The van der Waals surface area contributed by atoms with Crippen LogP contribution in [0.1, 0.15) is 17.5 Å². The Kier molecular flexibility index (Phi) is 6.03. The van der Waals surface area contributed by atoms with Crippen LogP contribution in [0.3, 0.4) is 0 Å². The van der Waals surface area contributed by atoms with E-state index in [4.69, 9.17) is 15.3 Å². The summed E-state index contributed by atoms with van der Waals surface area (Å²) in [6, 6.07) is 15.1. The number of likely N-dealkylation sites (tertiary alicyclic amines) is 1. The molecule has 0 bridgehead atoms. The lowest BCUT2D eigenvalue weighted by Gasteiger charge is -2.17. The van der Waals surface area contributed by atoms with Gasteiger partial charge in [-0.15, -0.1) is 0 Å². The maximum atomic E-state index is 9.11. The number of ether oxygens (including phenoxy) is 1. The normalized spacial score (nSPS) is 16.6. The van der Waals surface area contributed by atoms with E-state index in [9.17, 15) is 0 Å². The Morgan fingerprint density at radius 3 is 2.81 bits per heavy atom. The average molecular weight is 347 g/mol. The Labute approximate surface area is 153 Å². The summed E-state index contributed by atoms with van der Waals surface area (Å²) >= 11 is 0. The van der Waals surface area contributed by atoms with Crippen molar-refractivity contribution in [2.45, 2.75) is 6.42 Å². The highest BCUT2D eigenvalue weighted by Crippen LogP contribution is 2.19. The number of aromatic nitrogens is 1. The molecule has 6 heteroatoms. The first-order valence-electron chi connectivity index (χ1n) is 8.73. The summed E-state index contributed by atoms with van der Waals surface area (Å²) < 4.78 is 5.76. The maximum absolute atomic E-state index is 9.11. The third kappa shape index (κ3) is 4.50. The van der Waals surface area contributed by atoms with E-state index < -0.39 is 0 Å². The van der Waals surface area contributed by atoms with Crippen LogP contribution in [0.15, 0.2) is 42.6 Å². The summed E-state index contributed by atoms with van der Waals surface area (Å²) in [4.78, 5) is 6.60. The van der Waals surface area contributed by atoms with Crippen molar-refractivity contribution < 1.29 is 4.74 Å². The lowest BCUT2D eigenvalue weighted by molar-refractivity contribution is 0.233. The van der Waals surface area contributed by atoms with Gasteiger partial charge in [-0.05, 0) is 43.1 Å². The molecule has 132 valence electrons. The zero-order valence-electron chi connectivity index (χ0n) is 14.6. The molecular formula is C20H21N5O. The van der Waals surface area contributed by atoms with Crippen molar-refractivity contribution in [2.75, 3.05) is 38.1 Å². The topological polar surface area (TPSA) is 85.0 Å². The number of nitriles is 2. The minimum absolute atomic E-state index is 0.523. The highest BCUT2D eigenvalue weighted by Gasteiger charge is 2.22. The van der Waals surface area contributed by atoms with Gasteiger partial charge < -0.3 is 10.1 Å². The summed E-state index contributed by atoms with van der Waals surface area (Å²) in [5, 5.41) is 21.5. The predicted molar refractivity (Wildman–Crippen MR) is 98.6 cm³/mol. The lowest BCUT2D eigenvalue weighted by atomic mass is 10.1. The van der Waals surface area contributed by atoms with Crippen molar-refractivity contribution in [3.8, 4) is 17.9 Å². The van der Waals surface area contributed by atoms with Crippen LogP contribution < -0.4 is 10.1 Å². The summed E-state index contributed by atoms with van der Waals surface area (Å²) in [7, 11) is 0. The molecule has 0 radical (unpaired) electrons. The first kappa shape index (κ1) is 17.7. The molecule has 0 aliphatic carbocycles. The van der Waals surface area contributed by atoms with E-state index >= 15 is 0 Å². The Bertz CT molecular complexity index is 823. The van der Waals surface area contributed by atoms with Gasteiger partial charge in [0.05, 0.1) is 11.1 Å². The molecule has 1 N–H and O–H groups in total. The van der Waals surface area contributed by atoms with Gasteiger partial charge in [0.1, 0.15) is 30.3 Å². The first-order chi connectivity index (χ1) is 12.8. The van der Waals surface area contributed by atoms with Crippen molar-refractivity contribution in [3.63, 3.8) is 0 Å². The molecule has 0 amide bonds. The van der Waals surface area contributed by atoms with Gasteiger partial charge >= 0.3 is 0 Å². The molecule has 1 aliphatic heterocycles. The molecule has 0 unspecified atom stereocenters. The Balaban J connectivity index is 1.42. The third-order valence-electron chi connectivity index (χ3n) is 4.53. The monoisotopic (exact) mass is 347 g/mol. The second-order valence-corrected chi connectivity index (χ2v) is 6.30. The number of pyridine rings is 1. The van der Waals surface area contributed by atoms with Crippen LogP contribution in [0.5, 0.6) is 5.75 Å². The molecule has 6 nitrogen and oxygen atoms in total. The number of nitrogens with one attached hydrogen (secondary N) is 1. The van der Waals surface area contributed by atoms with E-state index in [0.29, 0.717) is 35.2 Å². The van der Waals surface area contributed by atoms with Crippen molar-refractivity contribution >= 4 is 5.82 Å². The number of rotatable bonds is 7. The standard InChI is InChI=1S/C20H21N5O/c21-12-17-4-1-2-6-19(17)26-11-10-25-9-7-16(15-25)14-24-20-18(13-22)5-3-8-23-20/h1-6,8,16H,7,9-11,14-15H2,(H,23,24)/t16-/m1/s1. The summed E-state index contributed by atoms with van der Waals surface area (Å²) in [6.07, 6.45) is 2.80. The highest BCUT2D eigenvalue weighted by molar-refractivity contribution is 5.51. The first-order valence-corrected chi connectivity index (χ1v) is 8.73. The number of hydrogen-bond acceptors (Lipinski definition) is 6. The van der Waals surface area contributed by atoms with E-state index in [-0.39, 0.29) is 0 Å². The van der Waals surface area contributed by atoms with Crippen LogP contribution >= 0.6 is 0 Å². The number of benzene rings is 1. The number of anilines is 1. The predicted octanol–water partition coefficient (Wildman–Crippen LogP) is 2.64. The van der Waals surface area contributed by atoms with Gasteiger partial charge in [0.25, 0.3) is 0 Å². The molecule has 1 aromatic carbocycles. The summed E-state index contributed by atoms with van der Waals surface area (Å²) in [6.45, 7) is 4.23. The maximum Gasteiger partial charge on any atom is 0.143 e. The molecule has 0 spiro atoms. The molecule has 26 heavy (non-hydrogen) atoms. The van der Waals surface area contributed by atoms with Crippen LogP contribution in [-0.4, -0.2) is 42.7 Å². The highest BCUT2D eigenvalue weighted by atomic mass is 16.5. The van der Waals surface area contributed by atoms with E-state index in [1.54, 1.807) is 24.4 Å². The van der Waals surface area contributed by atoms with E-state index in [1.807, 2.05) is 18.2 Å². The minimum Gasteiger partial charge on any atom is -0.491 e. The number of para-hydroxylation sites is 1. The molecular weight excluding hydrogens is 326 g/mol. The van der Waals surface area contributed by atoms with Crippen LogP contribution in [-0.2, 0) is 0 Å². The molecule has 1 aliphatic rings. The largest absolute Gasteiger partial charge is 0.491 e. The number of nitrogens with zero attached hydrogens (tertiary/aromatic N) is 4. The average Bonchev–Trinajstić information content (AvgIpc) is 3.14. The zero-order valence-corrected chi connectivity index (χ0v) is 14.6. The zero-order chi connectivity index (χ0) is 18.2. The summed E-state index contributed by atoms with van der Waals surface area (Å²) in [5.74, 6) is 1.83. The molecule has 3 rings (SSSR count). The van der Waals surface area contributed by atoms with Gasteiger partial charge in [-0.25, -0.2) is 4.98 Å². The Morgan fingerprint density at radius 2 is 1.96 bits per heavy atom.